The van der Waals surface area contributed by atoms with Gasteiger partial charge in [-0.3, -0.25) is 25.6 Å². The van der Waals surface area contributed by atoms with Crippen molar-refractivity contribution in [3.63, 3.8) is 0 Å². The number of methoxy groups -OCH3 is 1. The largest absolute Gasteiger partial charge is 0.508 e. The summed E-state index contributed by atoms with van der Waals surface area (Å²) >= 11 is 0. The Labute approximate surface area is 321 Å². The first kappa shape index (κ1) is 43.4. The molecule has 0 aliphatic carbocycles. The first-order valence-corrected chi connectivity index (χ1v) is 18.4. The Bertz CT molecular complexity index is 1950. The van der Waals surface area contributed by atoms with E-state index in [2.05, 4.69) is 34.3 Å². The van der Waals surface area contributed by atoms with Crippen LogP contribution in [0, 0.1) is 0 Å². The van der Waals surface area contributed by atoms with Gasteiger partial charge >= 0.3 is 6.16 Å². The highest BCUT2D eigenvalue weighted by molar-refractivity contribution is 7.92. The maximum absolute atomic E-state index is 13.8. The van der Waals surface area contributed by atoms with Crippen LogP contribution in [0.1, 0.15) is 45.6 Å². The minimum Gasteiger partial charge on any atom is -0.493 e. The molecule has 0 bridgehead atoms. The van der Waals surface area contributed by atoms with Crippen LogP contribution >= 0.6 is 0 Å². The van der Waals surface area contributed by atoms with Gasteiger partial charge in [0, 0.05) is 12.4 Å². The maximum Gasteiger partial charge on any atom is 0.508 e. The van der Waals surface area contributed by atoms with Crippen LogP contribution in [0.15, 0.2) is 71.9 Å². The second-order valence-corrected chi connectivity index (χ2v) is 14.2. The highest BCUT2D eigenvalue weighted by Crippen LogP contribution is 2.41. The predicted octanol–water partition coefficient (Wildman–Crippen LogP) is 4.93. The van der Waals surface area contributed by atoms with Gasteiger partial charge in [-0.2, -0.15) is 4.98 Å². The van der Waals surface area contributed by atoms with Crippen LogP contribution in [0.5, 0.6) is 23.1 Å². The third-order valence-corrected chi connectivity index (χ3v) is 8.80. The van der Waals surface area contributed by atoms with Gasteiger partial charge in [0.15, 0.2) is 23.1 Å². The first-order valence-electron chi connectivity index (χ1n) is 16.9. The minimum absolute atomic E-state index is 0.0372. The molecule has 2 aromatic carbocycles. The number of unbranched alkanes of at least 4 members (excludes halogenated alkanes) is 1. The molecule has 0 amide bonds. The number of benzene rings is 2. The molecule has 0 fully saturated rings. The molecule has 5 N–H and O–H groups in total. The normalized spacial score (nSPS) is 12.3. The smallest absolute Gasteiger partial charge is 0.493 e. The molecule has 4 rings (SSSR count). The number of sulfonamides is 1. The number of hydrogen-bond acceptors (Lipinski definition) is 20. The fourth-order valence-corrected chi connectivity index (χ4v) is 5.73. The van der Waals surface area contributed by atoms with Crippen molar-refractivity contribution in [2.24, 2.45) is 0 Å². The average Bonchev–Trinajstić information content (AvgIpc) is 3.16. The molecule has 1 atom stereocenters. The number of para-hydroxylation sites is 2. The van der Waals surface area contributed by atoms with E-state index >= 15 is 0 Å². The summed E-state index contributed by atoms with van der Waals surface area (Å²) in [6, 6.07) is 14.6. The van der Waals surface area contributed by atoms with Crippen LogP contribution in [0.3, 0.4) is 0 Å². The Hall–Kier alpha value is -5.30. The number of rotatable bonds is 21. The molecule has 0 spiro atoms. The molecule has 22 heteroatoms. The van der Waals surface area contributed by atoms with Crippen LogP contribution in [0.4, 0.5) is 10.6 Å². The second kappa shape index (κ2) is 20.6. The van der Waals surface area contributed by atoms with Crippen molar-refractivity contribution in [2.75, 3.05) is 38.3 Å². The molecule has 4 aromatic rings. The number of hydrogen-bond donors (Lipinski definition) is 5. The lowest BCUT2D eigenvalue weighted by molar-refractivity contribution is -0.527. The Kier molecular flexibility index (Phi) is 16.0. The average molecular weight is 806 g/mol. The molecule has 1 unspecified atom stereocenters. The number of ether oxygens (including phenoxy) is 5. The summed E-state index contributed by atoms with van der Waals surface area (Å²) in [5.74, 6) is -0.454. The molecule has 0 saturated carbocycles. The number of carbonyl (C=O) groups is 1. The van der Waals surface area contributed by atoms with E-state index in [1.165, 1.54) is 31.6 Å². The van der Waals surface area contributed by atoms with Crippen molar-refractivity contribution < 1.29 is 67.4 Å². The zero-order valence-corrected chi connectivity index (χ0v) is 31.7. The van der Waals surface area contributed by atoms with Crippen LogP contribution in [0.2, 0.25) is 0 Å². The van der Waals surface area contributed by atoms with Crippen LogP contribution in [-0.2, 0) is 34.6 Å². The van der Waals surface area contributed by atoms with Gasteiger partial charge in [-0.25, -0.2) is 37.8 Å². The van der Waals surface area contributed by atoms with Crippen molar-refractivity contribution in [3.8, 4) is 34.8 Å². The zero-order valence-electron chi connectivity index (χ0n) is 30.8. The third-order valence-electron chi connectivity index (χ3n) is 7.44. The second-order valence-electron chi connectivity index (χ2n) is 12.6. The fraction of sp³-hybridized carbons (Fsp3) is 0.382. The van der Waals surface area contributed by atoms with Gasteiger partial charge in [-0.05, 0) is 60.6 Å². The Morgan fingerprint density at radius 3 is 2.16 bits per heavy atom. The van der Waals surface area contributed by atoms with E-state index in [-0.39, 0.29) is 71.4 Å². The van der Waals surface area contributed by atoms with Crippen molar-refractivity contribution >= 4 is 22.0 Å². The summed E-state index contributed by atoms with van der Waals surface area (Å²) in [4.78, 5) is 38.5. The highest BCUT2D eigenvalue weighted by Gasteiger charge is 2.27. The van der Waals surface area contributed by atoms with E-state index in [1.807, 2.05) is 20.8 Å². The minimum atomic E-state index is -4.28. The topological polar surface area (TPSA) is 267 Å². The van der Waals surface area contributed by atoms with E-state index in [0.717, 1.165) is 5.56 Å². The van der Waals surface area contributed by atoms with Crippen LogP contribution < -0.4 is 18.9 Å². The van der Waals surface area contributed by atoms with Crippen LogP contribution in [-0.4, -0.2) is 106 Å². The van der Waals surface area contributed by atoms with Crippen molar-refractivity contribution in [3.05, 3.63) is 72.6 Å². The van der Waals surface area contributed by atoms with Gasteiger partial charge in [0.1, 0.15) is 25.9 Å². The van der Waals surface area contributed by atoms with Gasteiger partial charge in [0.05, 0.1) is 29.4 Å². The summed E-state index contributed by atoms with van der Waals surface area (Å²) in [7, 11) is -2.85. The molecule has 0 radical (unpaired) electrons. The van der Waals surface area contributed by atoms with Gasteiger partial charge in [0.25, 0.3) is 15.9 Å². The predicted molar refractivity (Wildman–Crippen MR) is 190 cm³/mol. The van der Waals surface area contributed by atoms with Gasteiger partial charge in [0.2, 0.25) is 11.6 Å². The lowest BCUT2D eigenvalue weighted by Crippen LogP contribution is -2.31. The Balaban J connectivity index is 1.52. The summed E-state index contributed by atoms with van der Waals surface area (Å²) in [5.41, 5.74) is 0.706. The lowest BCUT2D eigenvalue weighted by Gasteiger charge is -2.20. The summed E-state index contributed by atoms with van der Waals surface area (Å²) < 4.78 is 57.7. The van der Waals surface area contributed by atoms with Gasteiger partial charge in [-0.1, -0.05) is 45.0 Å². The molecular formula is C34H43N7O14S. The van der Waals surface area contributed by atoms with E-state index < -0.39 is 39.7 Å². The Morgan fingerprint density at radius 2 is 1.52 bits per heavy atom. The van der Waals surface area contributed by atoms with Crippen molar-refractivity contribution in [2.45, 2.75) is 56.4 Å². The standard InChI is InChI=1S/C34H43N7O14S/c1-34(2,3)23-13-15-25(16-14-23)56(47,48)39-29-28(54-27-12-6-5-11-26(27)49-4)32(38-31(37-29)30-35-17-9-18-36-30)50-20-21-52-33(42)51-19-8-7-10-24(55-41(45)46)22-53-40(43)44/h5-6,9,11-18,24,43-46H,7-8,10,19-22H2,1-4H3,(H,37,38,39). The molecule has 2 heterocycles. The molecule has 0 saturated heterocycles. The number of nitrogens with zero attached hydrogens (tertiary/aromatic N) is 6. The molecule has 2 aromatic heterocycles. The number of nitrogens with one attached hydrogen (secondary N) is 1. The maximum atomic E-state index is 13.8. The molecule has 0 aliphatic rings. The van der Waals surface area contributed by atoms with Crippen molar-refractivity contribution in [1.82, 2.24) is 30.7 Å². The van der Waals surface area contributed by atoms with Crippen LogP contribution in [0.25, 0.3) is 11.6 Å². The molecule has 21 nitrogen and oxygen atoms in total. The zero-order chi connectivity index (χ0) is 40.7. The SMILES string of the molecule is COc1ccccc1Oc1c(NS(=O)(=O)c2ccc(C(C)(C)C)cc2)nc(-c2ncccn2)nc1OCCOC(=O)OCCCCC(CON(O)O)ON(O)O. The molecule has 304 valence electrons. The quantitative estimate of drug-likeness (QED) is 0.0424. The van der Waals surface area contributed by atoms with Gasteiger partial charge < -0.3 is 23.7 Å². The lowest BCUT2D eigenvalue weighted by atomic mass is 9.87. The number of anilines is 1. The summed E-state index contributed by atoms with van der Waals surface area (Å²) in [6.07, 6.45) is 1.65. The monoisotopic (exact) mass is 805 g/mol. The molecule has 56 heavy (non-hydrogen) atoms. The first-order chi connectivity index (χ1) is 26.7. The number of carbonyl (C=O) groups excluding carboxylic acids is 1. The third kappa shape index (κ3) is 13.5. The fourth-order valence-electron chi connectivity index (χ4n) is 4.72. The van der Waals surface area contributed by atoms with E-state index in [9.17, 15) is 13.2 Å². The van der Waals surface area contributed by atoms with E-state index in [0.29, 0.717) is 18.6 Å². The van der Waals surface area contributed by atoms with E-state index in [4.69, 9.17) is 44.5 Å². The Morgan fingerprint density at radius 1 is 0.839 bits per heavy atom. The molecule has 0 aliphatic heterocycles. The van der Waals surface area contributed by atoms with Gasteiger partial charge in [-0.15, -0.1) is 0 Å². The summed E-state index contributed by atoms with van der Waals surface area (Å²) in [6.45, 7) is 4.84. The highest BCUT2D eigenvalue weighted by atomic mass is 32.2. The summed E-state index contributed by atoms with van der Waals surface area (Å²) in [5, 5.41) is 34.0. The van der Waals surface area contributed by atoms with Crippen molar-refractivity contribution in [1.29, 1.82) is 0 Å². The van der Waals surface area contributed by atoms with E-state index in [1.54, 1.807) is 42.5 Å². The number of aromatic nitrogens is 4. The molecular weight excluding hydrogens is 762 g/mol.